The van der Waals surface area contributed by atoms with Gasteiger partial charge in [-0.25, -0.2) is 9.59 Å². The van der Waals surface area contributed by atoms with Gasteiger partial charge in [0.25, 0.3) is 0 Å². The Morgan fingerprint density at radius 3 is 0.899 bits per heavy atom. The van der Waals surface area contributed by atoms with Gasteiger partial charge in [0.2, 0.25) is 0 Å². The minimum absolute atomic E-state index is 0.00699. The zero-order valence-electron chi connectivity index (χ0n) is 77.0. The molecular formula is C110H87IN20O8. The van der Waals surface area contributed by atoms with Gasteiger partial charge in [0, 0.05) is 154 Å². The fourth-order valence-electron chi connectivity index (χ4n) is 17.9. The summed E-state index contributed by atoms with van der Waals surface area (Å²) in [6.45, 7) is 17.5. The minimum Gasteiger partial charge on any atom is -0.478 e. The number of fused-ring (bicyclic) bond motifs is 4. The predicted molar refractivity (Wildman–Crippen MR) is 536 cm³/mol. The van der Waals surface area contributed by atoms with Crippen LogP contribution >= 0.6 is 22.6 Å². The number of benzene rings is 3. The fraction of sp³-hybridized carbons (Fsp3) is 0.127. The maximum atomic E-state index is 12.0. The highest BCUT2D eigenvalue weighted by Gasteiger charge is 2.31. The van der Waals surface area contributed by atoms with Crippen molar-refractivity contribution in [2.75, 3.05) is 7.11 Å². The van der Waals surface area contributed by atoms with E-state index in [-0.39, 0.29) is 35.7 Å². The van der Waals surface area contributed by atoms with Gasteiger partial charge in [-0.1, -0.05) is 99.5 Å². The van der Waals surface area contributed by atoms with Crippen LogP contribution in [0.1, 0.15) is 143 Å². The number of hydrogen-bond acceptors (Lipinski definition) is 23. The topological polar surface area (TPSA) is 353 Å². The number of carbonyl (C=O) groups is 2. The molecule has 0 aliphatic rings. The molecule has 22 rings (SSSR count). The molecule has 19 aromatic heterocycles. The van der Waals surface area contributed by atoms with Gasteiger partial charge >= 0.3 is 11.9 Å². The highest BCUT2D eigenvalue weighted by Crippen LogP contribution is 2.44. The first-order valence-corrected chi connectivity index (χ1v) is 45.6. The molecule has 0 amide bonds. The zero-order chi connectivity index (χ0) is 96.1. The maximum absolute atomic E-state index is 12.0. The van der Waals surface area contributed by atoms with Crippen LogP contribution < -0.4 is 0 Å². The number of carboxylic acid groups (broad SMARTS) is 1. The molecule has 1 N–H and O–H groups in total. The quantitative estimate of drug-likeness (QED) is 0.0547. The largest absolute Gasteiger partial charge is 0.478 e. The van der Waals surface area contributed by atoms with E-state index in [9.17, 15) is 14.7 Å². The van der Waals surface area contributed by atoms with Gasteiger partial charge in [-0.3, -0.25) is 54.8 Å². The third-order valence-electron chi connectivity index (χ3n) is 24.5. The van der Waals surface area contributed by atoms with E-state index in [2.05, 4.69) is 142 Å². The van der Waals surface area contributed by atoms with Crippen molar-refractivity contribution in [1.82, 2.24) is 93.7 Å². The second-order valence-electron chi connectivity index (χ2n) is 33.2. The van der Waals surface area contributed by atoms with Crippen LogP contribution in [0.3, 0.4) is 0 Å². The van der Waals surface area contributed by atoms with Gasteiger partial charge in [0.15, 0.2) is 0 Å². The predicted octanol–water partition coefficient (Wildman–Crippen LogP) is 23.5. The lowest BCUT2D eigenvalue weighted by Crippen LogP contribution is -2.14. The van der Waals surface area contributed by atoms with Crippen molar-refractivity contribution in [3.8, 4) is 84.0 Å². The molecule has 0 aliphatic heterocycles. The van der Waals surface area contributed by atoms with Crippen LogP contribution in [0.15, 0.2) is 336 Å². The summed E-state index contributed by atoms with van der Waals surface area (Å²) >= 11 is 2.33. The van der Waals surface area contributed by atoms with E-state index in [1.807, 2.05) is 281 Å². The number of nitriles is 1. The first-order valence-electron chi connectivity index (χ1n) is 44.6. The normalized spacial score (nSPS) is 11.5. The summed E-state index contributed by atoms with van der Waals surface area (Å²) in [6, 6.07) is 72.9. The second-order valence-corrected chi connectivity index (χ2v) is 34.4. The van der Waals surface area contributed by atoms with Crippen LogP contribution in [0.5, 0.6) is 0 Å². The molecule has 0 unspecified atom stereocenters. The Hall–Kier alpha value is -17.5. The summed E-state index contributed by atoms with van der Waals surface area (Å²) in [5.74, 6) is 1.66. The Morgan fingerprint density at radius 2 is 0.619 bits per heavy atom. The van der Waals surface area contributed by atoms with Gasteiger partial charge in [0.1, 0.15) is 46.7 Å². The molecule has 19 heterocycles. The number of halogens is 1. The molecule has 0 aliphatic carbocycles. The maximum Gasteiger partial charge on any atom is 0.337 e. The number of hydrogen-bond donors (Lipinski definition) is 1. The van der Waals surface area contributed by atoms with E-state index in [0.29, 0.717) is 11.1 Å². The van der Waals surface area contributed by atoms with E-state index < -0.39 is 5.97 Å². The average molecular weight is 1940 g/mol. The van der Waals surface area contributed by atoms with Crippen molar-refractivity contribution < 1.29 is 37.5 Å². The molecule has 0 spiro atoms. The Balaban J connectivity index is 0.000000119. The summed E-state index contributed by atoms with van der Waals surface area (Å²) < 4.78 is 36.3. The Bertz CT molecular complexity index is 8050. The van der Waals surface area contributed by atoms with E-state index in [1.54, 1.807) is 49.1 Å². The molecule has 0 bridgehead atoms. The molecule has 22 aromatic rings. The molecule has 682 valence electrons. The van der Waals surface area contributed by atoms with Crippen molar-refractivity contribution in [2.24, 2.45) is 0 Å². The van der Waals surface area contributed by atoms with Crippen LogP contribution in [0, 0.1) is 70.3 Å². The van der Waals surface area contributed by atoms with Crippen LogP contribution in [-0.4, -0.2) is 118 Å². The highest BCUT2D eigenvalue weighted by atomic mass is 127. The Morgan fingerprint density at radius 1 is 0.345 bits per heavy atom. The van der Waals surface area contributed by atoms with Gasteiger partial charge in [-0.15, -0.1) is 0 Å². The first-order chi connectivity index (χ1) is 67.7. The number of carbonyl (C=O) groups excluding carboxylic acids is 1. The van der Waals surface area contributed by atoms with Gasteiger partial charge in [-0.2, -0.15) is 5.26 Å². The van der Waals surface area contributed by atoms with Crippen molar-refractivity contribution in [2.45, 2.75) is 86.5 Å². The number of aryl methyl sites for hydroxylation is 8. The first kappa shape index (κ1) is 90.6. The monoisotopic (exact) mass is 1940 g/mol. The Kier molecular flexibility index (Phi) is 25.8. The summed E-state index contributed by atoms with van der Waals surface area (Å²) in [5.41, 5.74) is 31.2. The molecule has 0 saturated carbocycles. The van der Waals surface area contributed by atoms with E-state index in [1.165, 1.54) is 7.11 Å². The number of esters is 1. The van der Waals surface area contributed by atoms with Crippen molar-refractivity contribution in [1.29, 1.82) is 5.26 Å². The minimum atomic E-state index is -0.966. The van der Waals surface area contributed by atoms with Crippen molar-refractivity contribution >= 4 is 78.7 Å². The second kappa shape index (κ2) is 39.6. The number of methoxy groups -OCH3 is 1. The molecule has 29 heteroatoms. The molecule has 1 atom stereocenters. The standard InChI is InChI=1S/C31H25N5O3.C30H23N5O3.C26H21N5O.C23H18IN5O/c1-19-28(20(2)39-35-19)23-16-27-29(34-17-23)24(21-10-12-22(13-11-21)31(37)38-3)18-36(27)30(25-8-4-6-14-32-25)26-9-5-7-15-33-26;1-18-27(19(2)38-34-18)22-15-26-28(33-16-22)23(20-9-11-21(12-10-20)30(36)37)17-35(26)29(24-7-3-5-13-31-24)25-8-4-6-14-32-25;1-16-25(18(3)32-30-16)21-12-24-26(29-14-21)22(20-9-7-19(13-27)8-10-20)15-31(24)17(2)23-6-4-5-11-28-23;1-14-21(15(2)30-28-14)16-11-20-22(27-12-16)17(24)13-29(20)23(18-7-3-5-9-25-18)19-8-4-6-10-26-19/h4-18,30H,1-3H3;3-17,29H,1-2H3,(H,36,37);4-12,14-15,17H,1-3H3;3-13,23H,1-2H3/t;;17-;/m..0./s1. The van der Waals surface area contributed by atoms with Crippen molar-refractivity contribution in [3.05, 3.63) is 423 Å². The van der Waals surface area contributed by atoms with Crippen molar-refractivity contribution in [3.63, 3.8) is 0 Å². The van der Waals surface area contributed by atoms with Crippen LogP contribution in [-0.2, 0) is 4.74 Å². The number of carboxylic acids is 1. The fourth-order valence-corrected chi connectivity index (χ4v) is 18.6. The van der Waals surface area contributed by atoms with Gasteiger partial charge < -0.3 is 46.2 Å². The molecular weight excluding hydrogens is 1860 g/mol. The van der Waals surface area contributed by atoms with Crippen LogP contribution in [0.4, 0.5) is 0 Å². The molecule has 28 nitrogen and oxygen atoms in total. The summed E-state index contributed by atoms with van der Waals surface area (Å²) in [5, 5.41) is 35.0. The average Bonchev–Trinajstić information content (AvgIpc) is 1.60. The number of aromatic nitrogens is 19. The number of aromatic carboxylic acids is 1. The van der Waals surface area contributed by atoms with E-state index in [4.69, 9.17) is 58.0 Å². The molecule has 0 saturated heterocycles. The molecule has 139 heavy (non-hydrogen) atoms. The number of rotatable bonds is 20. The number of nitrogens with zero attached hydrogens (tertiary/aromatic N) is 20. The van der Waals surface area contributed by atoms with Gasteiger partial charge in [0.05, 0.1) is 141 Å². The number of pyridine rings is 11. The molecule has 3 aromatic carbocycles. The van der Waals surface area contributed by atoms with Gasteiger partial charge in [-0.05, 0) is 247 Å². The van der Waals surface area contributed by atoms with E-state index >= 15 is 0 Å². The van der Waals surface area contributed by atoms with Crippen LogP contribution in [0.25, 0.3) is 122 Å². The highest BCUT2D eigenvalue weighted by molar-refractivity contribution is 14.1. The zero-order valence-corrected chi connectivity index (χ0v) is 79.1. The summed E-state index contributed by atoms with van der Waals surface area (Å²) in [7, 11) is 1.37. The number of ether oxygens (including phenoxy) is 1. The lowest BCUT2D eigenvalue weighted by molar-refractivity contribution is 0.0599. The molecule has 0 fully saturated rings. The summed E-state index contributed by atoms with van der Waals surface area (Å²) in [6.07, 6.45) is 28.4. The third kappa shape index (κ3) is 18.2. The molecule has 0 radical (unpaired) electrons. The lowest BCUT2D eigenvalue weighted by Gasteiger charge is -2.19. The Labute approximate surface area is 810 Å². The third-order valence-corrected chi connectivity index (χ3v) is 25.3. The lowest BCUT2D eigenvalue weighted by atomic mass is 10.0. The smallest absolute Gasteiger partial charge is 0.337 e. The van der Waals surface area contributed by atoms with Crippen LogP contribution in [0.2, 0.25) is 0 Å². The van der Waals surface area contributed by atoms with E-state index in [0.717, 1.165) is 211 Å². The summed E-state index contributed by atoms with van der Waals surface area (Å²) in [4.78, 5) is 75.5. The SMILES string of the molecule is COC(=O)c1ccc(-c2cn(C(c3ccccn3)c3ccccn3)c3cc(-c4c(C)noc4C)cnc23)cc1.Cc1noc(C)c1-c1cnc2c(-c3ccc(C#N)cc3)cn([C@@H](C)c3ccccn3)c2c1.Cc1noc(C)c1-c1cnc2c(-c3ccc(C(=O)O)cc3)cn(C(c3ccccn3)c3ccccn3)c2c1.Cc1noc(C)c1-c1cnc2c(I)cn(C(c3ccccn3)c3ccccn3)c2c1.